The van der Waals surface area contributed by atoms with E-state index in [-0.39, 0.29) is 0 Å². The van der Waals surface area contributed by atoms with Crippen molar-refractivity contribution < 1.29 is 5.11 Å². The Bertz CT molecular complexity index is 357. The molecule has 1 N–H and O–H groups in total. The molecule has 0 saturated heterocycles. The minimum Gasteiger partial charge on any atom is -0.385 e. The van der Waals surface area contributed by atoms with Crippen molar-refractivity contribution in [3.8, 4) is 0 Å². The molecule has 1 nitrogen and oxygen atoms in total. The topological polar surface area (TPSA) is 20.2 Å². The molecule has 0 saturated carbocycles. The van der Waals surface area contributed by atoms with Gasteiger partial charge in [0.05, 0.1) is 5.60 Å². The Hall–Kier alpha value is -1.08. The Morgan fingerprint density at radius 3 is 2.36 bits per heavy atom. The van der Waals surface area contributed by atoms with Crippen LogP contribution in [0.5, 0.6) is 0 Å². The van der Waals surface area contributed by atoms with Gasteiger partial charge in [0.25, 0.3) is 0 Å². The van der Waals surface area contributed by atoms with Gasteiger partial charge >= 0.3 is 0 Å². The fourth-order valence-corrected chi connectivity index (χ4v) is 2.01. The summed E-state index contributed by atoms with van der Waals surface area (Å²) in [5, 5.41) is 10.1. The van der Waals surface area contributed by atoms with Crippen LogP contribution in [0.15, 0.2) is 30.3 Å². The van der Waals surface area contributed by atoms with Crippen LogP contribution in [-0.2, 0) is 0 Å². The van der Waals surface area contributed by atoms with Crippen LogP contribution in [-0.4, -0.2) is 10.7 Å². The fourth-order valence-electron chi connectivity index (χ4n) is 2.01. The van der Waals surface area contributed by atoms with Gasteiger partial charge in [-0.15, -0.1) is 0 Å². The standard InChI is InChI=1S/C13H16O/c1-10-5-7-11(8-6-10)12-4-3-9-13(12,2)14/h4-8,14H,3,9H2,1-2H3. The third-order valence-electron chi connectivity index (χ3n) is 2.92. The molecule has 1 heteroatoms. The van der Waals surface area contributed by atoms with Crippen LogP contribution in [0.3, 0.4) is 0 Å². The third kappa shape index (κ3) is 1.60. The predicted octanol–water partition coefficient (Wildman–Crippen LogP) is 2.92. The number of hydrogen-bond donors (Lipinski definition) is 1. The molecule has 0 heterocycles. The van der Waals surface area contributed by atoms with Crippen LogP contribution in [0.1, 0.15) is 30.9 Å². The molecule has 0 aromatic heterocycles. The predicted molar refractivity (Wildman–Crippen MR) is 59.0 cm³/mol. The molecular weight excluding hydrogens is 172 g/mol. The fraction of sp³-hybridized carbons (Fsp3) is 0.385. The first kappa shape index (κ1) is 9.47. The molecule has 1 aliphatic rings. The zero-order valence-electron chi connectivity index (χ0n) is 8.75. The second-order valence-corrected chi connectivity index (χ2v) is 4.30. The van der Waals surface area contributed by atoms with E-state index >= 15 is 0 Å². The Morgan fingerprint density at radius 2 is 1.86 bits per heavy atom. The second kappa shape index (κ2) is 3.25. The van der Waals surface area contributed by atoms with E-state index in [0.717, 1.165) is 24.0 Å². The van der Waals surface area contributed by atoms with Crippen LogP contribution < -0.4 is 0 Å². The maximum absolute atomic E-state index is 10.1. The highest BCUT2D eigenvalue weighted by molar-refractivity contribution is 5.73. The molecule has 14 heavy (non-hydrogen) atoms. The molecule has 1 aromatic rings. The van der Waals surface area contributed by atoms with Gasteiger partial charge in [-0.1, -0.05) is 35.9 Å². The summed E-state index contributed by atoms with van der Waals surface area (Å²) in [5.74, 6) is 0. The summed E-state index contributed by atoms with van der Waals surface area (Å²) in [6.45, 7) is 3.97. The van der Waals surface area contributed by atoms with Gasteiger partial charge in [0, 0.05) is 0 Å². The highest BCUT2D eigenvalue weighted by Crippen LogP contribution is 2.36. The summed E-state index contributed by atoms with van der Waals surface area (Å²) in [7, 11) is 0. The van der Waals surface area contributed by atoms with E-state index in [0.29, 0.717) is 0 Å². The van der Waals surface area contributed by atoms with E-state index in [9.17, 15) is 5.11 Å². The van der Waals surface area contributed by atoms with Gasteiger partial charge in [-0.2, -0.15) is 0 Å². The van der Waals surface area contributed by atoms with Gasteiger partial charge in [0.15, 0.2) is 0 Å². The zero-order chi connectivity index (χ0) is 10.2. The average molecular weight is 188 g/mol. The normalized spacial score (nSPS) is 26.4. The van der Waals surface area contributed by atoms with Gasteiger partial charge in [0.2, 0.25) is 0 Å². The molecule has 0 aliphatic heterocycles. The molecule has 0 amide bonds. The molecule has 1 aromatic carbocycles. The van der Waals surface area contributed by atoms with Crippen LogP contribution in [0, 0.1) is 6.92 Å². The largest absolute Gasteiger partial charge is 0.385 e. The highest BCUT2D eigenvalue weighted by atomic mass is 16.3. The van der Waals surface area contributed by atoms with Gasteiger partial charge < -0.3 is 5.11 Å². The number of benzene rings is 1. The smallest absolute Gasteiger partial charge is 0.0874 e. The summed E-state index contributed by atoms with van der Waals surface area (Å²) in [5.41, 5.74) is 2.86. The minimum absolute atomic E-state index is 0.630. The number of rotatable bonds is 1. The van der Waals surface area contributed by atoms with E-state index in [4.69, 9.17) is 0 Å². The zero-order valence-corrected chi connectivity index (χ0v) is 8.75. The van der Waals surface area contributed by atoms with E-state index in [1.165, 1.54) is 5.56 Å². The molecule has 0 bridgehead atoms. The van der Waals surface area contributed by atoms with Crippen molar-refractivity contribution in [1.29, 1.82) is 0 Å². The maximum atomic E-state index is 10.1. The number of hydrogen-bond acceptors (Lipinski definition) is 1. The summed E-state index contributed by atoms with van der Waals surface area (Å²) in [4.78, 5) is 0. The molecule has 0 spiro atoms. The van der Waals surface area contributed by atoms with Gasteiger partial charge in [-0.3, -0.25) is 0 Å². The van der Waals surface area contributed by atoms with E-state index in [1.54, 1.807) is 0 Å². The van der Waals surface area contributed by atoms with E-state index in [2.05, 4.69) is 37.3 Å². The summed E-state index contributed by atoms with van der Waals surface area (Å²) in [6, 6.07) is 8.34. The van der Waals surface area contributed by atoms with Crippen molar-refractivity contribution in [3.63, 3.8) is 0 Å². The summed E-state index contributed by atoms with van der Waals surface area (Å²) >= 11 is 0. The lowest BCUT2D eigenvalue weighted by Gasteiger charge is -2.21. The highest BCUT2D eigenvalue weighted by Gasteiger charge is 2.30. The second-order valence-electron chi connectivity index (χ2n) is 4.30. The molecule has 1 aliphatic carbocycles. The first-order chi connectivity index (χ1) is 6.59. The van der Waals surface area contributed by atoms with Crippen molar-refractivity contribution in [2.24, 2.45) is 0 Å². The van der Waals surface area contributed by atoms with Crippen molar-refractivity contribution >= 4 is 5.57 Å². The third-order valence-corrected chi connectivity index (χ3v) is 2.92. The number of aryl methyl sites for hydroxylation is 1. The first-order valence-corrected chi connectivity index (χ1v) is 5.10. The van der Waals surface area contributed by atoms with Crippen molar-refractivity contribution in [3.05, 3.63) is 41.5 Å². The monoisotopic (exact) mass is 188 g/mol. The van der Waals surface area contributed by atoms with Crippen LogP contribution in [0.4, 0.5) is 0 Å². The number of aliphatic hydroxyl groups is 1. The minimum atomic E-state index is -0.630. The molecule has 0 radical (unpaired) electrons. The summed E-state index contributed by atoms with van der Waals surface area (Å²) in [6.07, 6.45) is 3.97. The van der Waals surface area contributed by atoms with Crippen LogP contribution in [0.2, 0.25) is 0 Å². The molecule has 1 atom stereocenters. The molecular formula is C13H16O. The quantitative estimate of drug-likeness (QED) is 0.718. The first-order valence-electron chi connectivity index (χ1n) is 5.10. The molecule has 2 rings (SSSR count). The molecule has 1 unspecified atom stereocenters. The van der Waals surface area contributed by atoms with E-state index in [1.807, 2.05) is 6.92 Å². The average Bonchev–Trinajstić information content (AvgIpc) is 2.47. The Kier molecular flexibility index (Phi) is 2.20. The molecule has 0 fully saturated rings. The number of allylic oxidation sites excluding steroid dienone is 1. The van der Waals surface area contributed by atoms with Crippen LogP contribution >= 0.6 is 0 Å². The molecule has 74 valence electrons. The Labute approximate surface area is 85.1 Å². The van der Waals surface area contributed by atoms with Gasteiger partial charge in [0.1, 0.15) is 0 Å². The SMILES string of the molecule is Cc1ccc(C2=CCCC2(C)O)cc1. The Balaban J connectivity index is 2.36. The Morgan fingerprint density at radius 1 is 1.21 bits per heavy atom. The maximum Gasteiger partial charge on any atom is 0.0874 e. The van der Waals surface area contributed by atoms with Crippen molar-refractivity contribution in [2.75, 3.05) is 0 Å². The van der Waals surface area contributed by atoms with Crippen molar-refractivity contribution in [1.82, 2.24) is 0 Å². The summed E-state index contributed by atoms with van der Waals surface area (Å²) < 4.78 is 0. The lowest BCUT2D eigenvalue weighted by atomic mass is 9.92. The van der Waals surface area contributed by atoms with E-state index < -0.39 is 5.60 Å². The lowest BCUT2D eigenvalue weighted by Crippen LogP contribution is -2.21. The van der Waals surface area contributed by atoms with Crippen LogP contribution in [0.25, 0.3) is 5.57 Å². The van der Waals surface area contributed by atoms with Gasteiger partial charge in [-0.25, -0.2) is 0 Å². The lowest BCUT2D eigenvalue weighted by molar-refractivity contribution is 0.121. The van der Waals surface area contributed by atoms with Crippen molar-refractivity contribution in [2.45, 2.75) is 32.3 Å². The van der Waals surface area contributed by atoms with Gasteiger partial charge in [-0.05, 0) is 37.8 Å².